The Labute approximate surface area is 253 Å². The molecule has 1 atom stereocenters. The zero-order valence-electron chi connectivity index (χ0n) is 25.0. The molecular formula is C33H43N7O3. The van der Waals surface area contributed by atoms with E-state index in [1.54, 1.807) is 11.8 Å². The number of amides is 1. The number of piperazine rings is 1. The lowest BCUT2D eigenvalue weighted by Gasteiger charge is -2.34. The normalized spacial score (nSPS) is 15.0. The van der Waals surface area contributed by atoms with Gasteiger partial charge in [-0.1, -0.05) is 61.0 Å². The highest BCUT2D eigenvalue weighted by atomic mass is 16.5. The first-order valence-electron chi connectivity index (χ1n) is 15.3. The monoisotopic (exact) mass is 585 g/mol. The summed E-state index contributed by atoms with van der Waals surface area (Å²) in [6, 6.07) is 21.4. The Bertz CT molecular complexity index is 1420. The number of rotatable bonds is 15. The molecule has 4 N–H and O–H groups in total. The van der Waals surface area contributed by atoms with E-state index in [9.17, 15) is 4.79 Å². The van der Waals surface area contributed by atoms with Gasteiger partial charge in [-0.15, -0.1) is 0 Å². The number of nitrogens with one attached hydrogen (secondary N) is 3. The number of unbranched alkanes of at least 4 members (excludes halogenated alkanes) is 2. The van der Waals surface area contributed by atoms with Gasteiger partial charge in [-0.25, -0.2) is 15.4 Å². The summed E-state index contributed by atoms with van der Waals surface area (Å²) in [5, 5.41) is 13.0. The van der Waals surface area contributed by atoms with Gasteiger partial charge in [-0.2, -0.15) is 0 Å². The van der Waals surface area contributed by atoms with Crippen LogP contribution in [-0.4, -0.2) is 81.8 Å². The van der Waals surface area contributed by atoms with Crippen molar-refractivity contribution >= 4 is 22.8 Å². The second kappa shape index (κ2) is 15.6. The highest BCUT2D eigenvalue weighted by Crippen LogP contribution is 2.29. The number of hydroxylamine groups is 1. The number of aromatic nitrogens is 3. The van der Waals surface area contributed by atoms with E-state index >= 15 is 0 Å². The zero-order valence-corrected chi connectivity index (χ0v) is 25.0. The fourth-order valence-electron chi connectivity index (χ4n) is 5.48. The molecule has 4 aromatic rings. The van der Waals surface area contributed by atoms with Gasteiger partial charge < -0.3 is 15.0 Å². The third-order valence-electron chi connectivity index (χ3n) is 8.08. The molecule has 1 aliphatic rings. The first-order chi connectivity index (χ1) is 21.1. The molecule has 1 saturated heterocycles. The second-order valence-corrected chi connectivity index (χ2v) is 11.2. The van der Waals surface area contributed by atoms with E-state index in [4.69, 9.17) is 9.94 Å². The first kappa shape index (κ1) is 30.6. The van der Waals surface area contributed by atoms with E-state index < -0.39 is 0 Å². The van der Waals surface area contributed by atoms with Crippen LogP contribution < -0.4 is 10.8 Å². The number of aromatic amines is 1. The Morgan fingerprint density at radius 2 is 1.74 bits per heavy atom. The van der Waals surface area contributed by atoms with Crippen LogP contribution in [0.3, 0.4) is 0 Å². The van der Waals surface area contributed by atoms with Crippen molar-refractivity contribution in [3.8, 4) is 11.3 Å². The summed E-state index contributed by atoms with van der Waals surface area (Å²) >= 11 is 0. The number of nitrogens with zero attached hydrogens (tertiary/aromatic N) is 4. The van der Waals surface area contributed by atoms with Gasteiger partial charge in [0.1, 0.15) is 17.8 Å². The molecule has 0 saturated carbocycles. The van der Waals surface area contributed by atoms with Gasteiger partial charge in [0.2, 0.25) is 5.91 Å². The molecule has 0 radical (unpaired) electrons. The number of fused-ring (bicyclic) bond motifs is 1. The van der Waals surface area contributed by atoms with Crippen LogP contribution >= 0.6 is 0 Å². The number of hydrogen-bond donors (Lipinski definition) is 4. The van der Waals surface area contributed by atoms with E-state index in [1.807, 2.05) is 6.07 Å². The van der Waals surface area contributed by atoms with Crippen LogP contribution in [0.1, 0.15) is 49.8 Å². The minimum Gasteiger partial charge on any atom is -0.380 e. The van der Waals surface area contributed by atoms with Crippen LogP contribution in [0, 0.1) is 0 Å². The summed E-state index contributed by atoms with van der Waals surface area (Å²) in [7, 11) is 0. The van der Waals surface area contributed by atoms with Crippen molar-refractivity contribution in [2.45, 2.75) is 45.2 Å². The van der Waals surface area contributed by atoms with E-state index in [0.717, 1.165) is 93.2 Å². The van der Waals surface area contributed by atoms with Crippen molar-refractivity contribution in [1.29, 1.82) is 0 Å². The number of carbonyl (C=O) groups excluding carboxylic acids is 1. The van der Waals surface area contributed by atoms with Crippen molar-refractivity contribution in [1.82, 2.24) is 30.2 Å². The average molecular weight is 586 g/mol. The summed E-state index contributed by atoms with van der Waals surface area (Å²) in [5.74, 6) is 0.503. The summed E-state index contributed by atoms with van der Waals surface area (Å²) in [6.07, 6.45) is 4.60. The molecule has 3 heterocycles. The van der Waals surface area contributed by atoms with Gasteiger partial charge in [0.05, 0.1) is 12.0 Å². The fourth-order valence-corrected chi connectivity index (χ4v) is 5.48. The van der Waals surface area contributed by atoms with Crippen LogP contribution in [0.5, 0.6) is 0 Å². The van der Waals surface area contributed by atoms with Crippen LogP contribution in [0.15, 0.2) is 67.0 Å². The van der Waals surface area contributed by atoms with Gasteiger partial charge >= 0.3 is 0 Å². The number of hydrogen-bond acceptors (Lipinski definition) is 8. The lowest BCUT2D eigenvalue weighted by molar-refractivity contribution is -0.129. The average Bonchev–Trinajstić information content (AvgIpc) is 3.49. The fraction of sp³-hybridized carbons (Fsp3) is 0.424. The number of H-pyrrole nitrogens is 1. The first-order valence-corrected chi connectivity index (χ1v) is 15.3. The van der Waals surface area contributed by atoms with E-state index in [1.165, 1.54) is 11.1 Å². The highest BCUT2D eigenvalue weighted by molar-refractivity contribution is 5.91. The van der Waals surface area contributed by atoms with Crippen molar-refractivity contribution in [2.75, 3.05) is 51.3 Å². The van der Waals surface area contributed by atoms with Crippen LogP contribution in [0.2, 0.25) is 0 Å². The highest BCUT2D eigenvalue weighted by Gasteiger charge is 2.17. The quantitative estimate of drug-likeness (QED) is 0.0875. The van der Waals surface area contributed by atoms with Gasteiger partial charge in [-0.05, 0) is 42.5 Å². The third-order valence-corrected chi connectivity index (χ3v) is 8.08. The minimum absolute atomic E-state index is 0.129. The Balaban J connectivity index is 1.05. The van der Waals surface area contributed by atoms with Gasteiger partial charge in [0.15, 0.2) is 0 Å². The smallest absolute Gasteiger partial charge is 0.243 e. The minimum atomic E-state index is -0.324. The number of anilines is 1. The SMILES string of the molecule is C[C@@H](Nc1ncnc2[nH]c(-c3ccc(CN4CCN(CCOCCCCCC(=O)NO)CC4)cc3)cc12)c1ccccc1. The molecule has 0 bridgehead atoms. The predicted octanol–water partition coefficient (Wildman–Crippen LogP) is 5.00. The largest absolute Gasteiger partial charge is 0.380 e. The van der Waals surface area contributed by atoms with Crippen molar-refractivity contribution in [3.63, 3.8) is 0 Å². The van der Waals surface area contributed by atoms with Crippen LogP contribution in [0.25, 0.3) is 22.3 Å². The third kappa shape index (κ3) is 8.84. The Hall–Kier alpha value is -3.83. The standard InChI is InChI=1S/C33H43N7O3/c1-25(27-8-4-2-5-9-27)36-32-29-22-30(37-33(29)35-24-34-32)28-13-11-26(12-14-28)23-40-17-15-39(16-18-40)19-21-43-20-7-3-6-10-31(41)38-42/h2,4-5,8-9,11-14,22,24-25,42H,3,6-7,10,15-21,23H2,1H3,(H,38,41)(H2,34,35,36,37)/t25-/m1/s1. The molecular weight excluding hydrogens is 542 g/mol. The molecule has 43 heavy (non-hydrogen) atoms. The van der Waals surface area contributed by atoms with Crippen molar-refractivity contribution in [2.24, 2.45) is 0 Å². The molecule has 1 amide bonds. The summed E-state index contributed by atoms with van der Waals surface area (Å²) < 4.78 is 5.78. The maximum atomic E-state index is 11.0. The van der Waals surface area contributed by atoms with Crippen LogP contribution in [-0.2, 0) is 16.1 Å². The Morgan fingerprint density at radius 1 is 0.977 bits per heavy atom. The van der Waals surface area contributed by atoms with E-state index in [-0.39, 0.29) is 11.9 Å². The summed E-state index contributed by atoms with van der Waals surface area (Å²) in [5.41, 5.74) is 7.17. The van der Waals surface area contributed by atoms with Crippen LogP contribution in [0.4, 0.5) is 5.82 Å². The topological polar surface area (TPSA) is 119 Å². The molecule has 1 fully saturated rings. The predicted molar refractivity (Wildman–Crippen MR) is 169 cm³/mol. The lowest BCUT2D eigenvalue weighted by atomic mass is 10.1. The molecule has 10 heteroatoms. The molecule has 2 aromatic heterocycles. The van der Waals surface area contributed by atoms with Gasteiger partial charge in [0, 0.05) is 64.0 Å². The zero-order chi connectivity index (χ0) is 29.9. The number of carbonyl (C=O) groups is 1. The molecule has 0 unspecified atom stereocenters. The Morgan fingerprint density at radius 3 is 2.51 bits per heavy atom. The molecule has 10 nitrogen and oxygen atoms in total. The van der Waals surface area contributed by atoms with Gasteiger partial charge in [-0.3, -0.25) is 19.8 Å². The molecule has 0 aliphatic carbocycles. The van der Waals surface area contributed by atoms with E-state index in [2.05, 4.69) is 91.6 Å². The molecule has 228 valence electrons. The Kier molecular flexibility index (Phi) is 11.1. The molecule has 0 spiro atoms. The summed E-state index contributed by atoms with van der Waals surface area (Å²) in [4.78, 5) is 28.5. The maximum Gasteiger partial charge on any atom is 0.243 e. The molecule has 5 rings (SSSR count). The molecule has 1 aliphatic heterocycles. The van der Waals surface area contributed by atoms with Gasteiger partial charge in [0.25, 0.3) is 0 Å². The van der Waals surface area contributed by atoms with E-state index in [0.29, 0.717) is 13.0 Å². The summed E-state index contributed by atoms with van der Waals surface area (Å²) in [6.45, 7) is 9.69. The second-order valence-electron chi connectivity index (χ2n) is 11.2. The van der Waals surface area contributed by atoms with Crippen molar-refractivity contribution < 1.29 is 14.7 Å². The molecule has 2 aromatic carbocycles. The number of ether oxygens (including phenoxy) is 1. The van der Waals surface area contributed by atoms with Crippen molar-refractivity contribution in [3.05, 3.63) is 78.1 Å². The lowest BCUT2D eigenvalue weighted by Crippen LogP contribution is -2.46. The number of benzene rings is 2. The maximum absolute atomic E-state index is 11.0.